The van der Waals surface area contributed by atoms with Crippen LogP contribution in [0.15, 0.2) is 46.9 Å². The van der Waals surface area contributed by atoms with Crippen molar-refractivity contribution in [2.75, 3.05) is 11.9 Å². The van der Waals surface area contributed by atoms with E-state index in [2.05, 4.69) is 21.2 Å². The molecule has 21 heavy (non-hydrogen) atoms. The van der Waals surface area contributed by atoms with E-state index < -0.39 is 0 Å². The number of halogens is 1. The summed E-state index contributed by atoms with van der Waals surface area (Å²) in [5.41, 5.74) is 2.33. The van der Waals surface area contributed by atoms with Gasteiger partial charge >= 0.3 is 0 Å². The Labute approximate surface area is 131 Å². The number of rotatable bonds is 5. The molecule has 0 radical (unpaired) electrons. The highest BCUT2D eigenvalue weighted by atomic mass is 79.9. The maximum absolute atomic E-state index is 11.8. The fourth-order valence-corrected chi connectivity index (χ4v) is 1.96. The number of carbonyl (C=O) groups excluding carboxylic acids is 2. The van der Waals surface area contributed by atoms with E-state index in [1.54, 1.807) is 24.3 Å². The molecule has 0 aliphatic heterocycles. The predicted molar refractivity (Wildman–Crippen MR) is 84.8 cm³/mol. The van der Waals surface area contributed by atoms with Crippen molar-refractivity contribution in [2.45, 2.75) is 6.92 Å². The number of ether oxygens (including phenoxy) is 1. The summed E-state index contributed by atoms with van der Waals surface area (Å²) < 4.78 is 6.35. The van der Waals surface area contributed by atoms with Gasteiger partial charge in [-0.3, -0.25) is 9.59 Å². The Kier molecular flexibility index (Phi) is 5.11. The standard InChI is InChI=1S/C16H14BrNO3/c1-11-8-13(4-7-15(11)17)18-16(20)10-21-14-5-2-12(9-19)3-6-14/h2-9H,10H2,1H3,(H,18,20). The van der Waals surface area contributed by atoms with Gasteiger partial charge in [0.05, 0.1) is 0 Å². The maximum atomic E-state index is 11.8. The van der Waals surface area contributed by atoms with Crippen LogP contribution in [0.5, 0.6) is 5.75 Å². The van der Waals surface area contributed by atoms with Crippen LogP contribution in [-0.2, 0) is 4.79 Å². The zero-order valence-corrected chi connectivity index (χ0v) is 13.0. The predicted octanol–water partition coefficient (Wildman–Crippen LogP) is 3.59. The number of amides is 1. The first-order valence-electron chi connectivity index (χ1n) is 6.32. The Bertz CT molecular complexity index is 653. The lowest BCUT2D eigenvalue weighted by Gasteiger charge is -2.08. The largest absolute Gasteiger partial charge is 0.484 e. The SMILES string of the molecule is Cc1cc(NC(=O)COc2ccc(C=O)cc2)ccc1Br. The number of benzene rings is 2. The second kappa shape index (κ2) is 7.04. The summed E-state index contributed by atoms with van der Waals surface area (Å²) in [4.78, 5) is 22.3. The van der Waals surface area contributed by atoms with E-state index in [1.165, 1.54) is 0 Å². The number of carbonyl (C=O) groups is 2. The molecule has 4 nitrogen and oxygen atoms in total. The monoisotopic (exact) mass is 347 g/mol. The molecule has 1 amide bonds. The second-order valence-corrected chi connectivity index (χ2v) is 5.34. The van der Waals surface area contributed by atoms with Gasteiger partial charge in [0.15, 0.2) is 6.61 Å². The molecule has 0 spiro atoms. The zero-order valence-electron chi connectivity index (χ0n) is 11.4. The van der Waals surface area contributed by atoms with Crippen LogP contribution < -0.4 is 10.1 Å². The average molecular weight is 348 g/mol. The summed E-state index contributed by atoms with van der Waals surface area (Å²) in [6, 6.07) is 12.1. The Morgan fingerprint density at radius 3 is 2.57 bits per heavy atom. The summed E-state index contributed by atoms with van der Waals surface area (Å²) in [6.45, 7) is 1.86. The van der Waals surface area contributed by atoms with Gasteiger partial charge in [0.2, 0.25) is 0 Å². The van der Waals surface area contributed by atoms with Crippen LogP contribution in [0.1, 0.15) is 15.9 Å². The fraction of sp³-hybridized carbons (Fsp3) is 0.125. The fourth-order valence-electron chi connectivity index (χ4n) is 1.71. The molecule has 0 aliphatic carbocycles. The quantitative estimate of drug-likeness (QED) is 0.841. The smallest absolute Gasteiger partial charge is 0.262 e. The van der Waals surface area contributed by atoms with Gasteiger partial charge in [-0.15, -0.1) is 0 Å². The van der Waals surface area contributed by atoms with E-state index in [-0.39, 0.29) is 12.5 Å². The molecule has 2 rings (SSSR count). The summed E-state index contributed by atoms with van der Waals surface area (Å²) in [7, 11) is 0. The third kappa shape index (κ3) is 4.43. The minimum atomic E-state index is -0.240. The molecule has 2 aromatic rings. The summed E-state index contributed by atoms with van der Waals surface area (Å²) in [6.07, 6.45) is 0.756. The average Bonchev–Trinajstić information content (AvgIpc) is 2.49. The number of hydrogen-bond donors (Lipinski definition) is 1. The van der Waals surface area contributed by atoms with Crippen molar-refractivity contribution in [3.8, 4) is 5.75 Å². The first kappa shape index (κ1) is 15.3. The van der Waals surface area contributed by atoms with Crippen LogP contribution in [0.4, 0.5) is 5.69 Å². The summed E-state index contributed by atoms with van der Waals surface area (Å²) >= 11 is 3.41. The van der Waals surface area contributed by atoms with Crippen LogP contribution in [0.2, 0.25) is 0 Å². The molecule has 0 bridgehead atoms. The van der Waals surface area contributed by atoms with Crippen molar-refractivity contribution in [3.05, 3.63) is 58.1 Å². The molecule has 108 valence electrons. The molecule has 0 heterocycles. The highest BCUT2D eigenvalue weighted by molar-refractivity contribution is 9.10. The molecule has 0 aliphatic rings. The van der Waals surface area contributed by atoms with Crippen LogP contribution in [0.3, 0.4) is 0 Å². The minimum Gasteiger partial charge on any atom is -0.484 e. The number of aryl methyl sites for hydroxylation is 1. The number of aldehydes is 1. The molecule has 2 aromatic carbocycles. The minimum absolute atomic E-state index is 0.0878. The Morgan fingerprint density at radius 2 is 1.95 bits per heavy atom. The van der Waals surface area contributed by atoms with E-state index in [4.69, 9.17) is 4.74 Å². The topological polar surface area (TPSA) is 55.4 Å². The van der Waals surface area contributed by atoms with Gasteiger partial charge in [0.25, 0.3) is 5.91 Å². The van der Waals surface area contributed by atoms with Crippen molar-refractivity contribution in [1.29, 1.82) is 0 Å². The van der Waals surface area contributed by atoms with E-state index in [0.717, 1.165) is 22.0 Å². The van der Waals surface area contributed by atoms with Crippen LogP contribution in [0, 0.1) is 6.92 Å². The second-order valence-electron chi connectivity index (χ2n) is 4.49. The maximum Gasteiger partial charge on any atom is 0.262 e. The van der Waals surface area contributed by atoms with Gasteiger partial charge in [-0.2, -0.15) is 0 Å². The highest BCUT2D eigenvalue weighted by Gasteiger charge is 2.05. The van der Waals surface area contributed by atoms with Crippen LogP contribution >= 0.6 is 15.9 Å². The third-order valence-corrected chi connectivity index (χ3v) is 3.72. The number of hydrogen-bond acceptors (Lipinski definition) is 3. The highest BCUT2D eigenvalue weighted by Crippen LogP contribution is 2.20. The lowest BCUT2D eigenvalue weighted by Crippen LogP contribution is -2.20. The molecule has 0 saturated carbocycles. The van der Waals surface area contributed by atoms with Gasteiger partial charge in [-0.1, -0.05) is 15.9 Å². The van der Waals surface area contributed by atoms with Crippen molar-refractivity contribution in [1.82, 2.24) is 0 Å². The van der Waals surface area contributed by atoms with Gasteiger partial charge in [0.1, 0.15) is 12.0 Å². The molecule has 1 N–H and O–H groups in total. The molecule has 0 unspecified atom stereocenters. The molecular weight excluding hydrogens is 334 g/mol. The Hall–Kier alpha value is -2.14. The van der Waals surface area contributed by atoms with Crippen molar-refractivity contribution >= 4 is 33.8 Å². The van der Waals surface area contributed by atoms with Crippen LogP contribution in [0.25, 0.3) is 0 Å². The molecule has 0 fully saturated rings. The number of anilines is 1. The first-order valence-corrected chi connectivity index (χ1v) is 7.12. The van der Waals surface area contributed by atoms with Crippen molar-refractivity contribution < 1.29 is 14.3 Å². The molecule has 0 atom stereocenters. The normalized spacial score (nSPS) is 10.0. The van der Waals surface area contributed by atoms with Gasteiger partial charge in [-0.25, -0.2) is 0 Å². The lowest BCUT2D eigenvalue weighted by atomic mass is 10.2. The molecule has 0 saturated heterocycles. The van der Waals surface area contributed by atoms with Crippen LogP contribution in [-0.4, -0.2) is 18.8 Å². The zero-order chi connectivity index (χ0) is 15.2. The summed E-state index contributed by atoms with van der Waals surface area (Å²) in [5, 5.41) is 2.76. The Morgan fingerprint density at radius 1 is 1.24 bits per heavy atom. The van der Waals surface area contributed by atoms with E-state index in [9.17, 15) is 9.59 Å². The number of nitrogens with one attached hydrogen (secondary N) is 1. The van der Waals surface area contributed by atoms with E-state index >= 15 is 0 Å². The molecular formula is C16H14BrNO3. The van der Waals surface area contributed by atoms with Gasteiger partial charge < -0.3 is 10.1 Å². The van der Waals surface area contributed by atoms with Crippen molar-refractivity contribution in [2.24, 2.45) is 0 Å². The third-order valence-electron chi connectivity index (χ3n) is 2.83. The Balaban J connectivity index is 1.89. The van der Waals surface area contributed by atoms with Gasteiger partial charge in [0, 0.05) is 15.7 Å². The van der Waals surface area contributed by atoms with Crippen molar-refractivity contribution in [3.63, 3.8) is 0 Å². The van der Waals surface area contributed by atoms with Gasteiger partial charge in [-0.05, 0) is 55.0 Å². The van der Waals surface area contributed by atoms with E-state index in [1.807, 2.05) is 25.1 Å². The molecule has 0 aromatic heterocycles. The first-order chi connectivity index (χ1) is 10.1. The van der Waals surface area contributed by atoms with E-state index in [0.29, 0.717) is 11.3 Å². The summed E-state index contributed by atoms with van der Waals surface area (Å²) in [5.74, 6) is 0.305. The molecule has 5 heteroatoms. The lowest BCUT2D eigenvalue weighted by molar-refractivity contribution is -0.118.